The van der Waals surface area contributed by atoms with E-state index in [2.05, 4.69) is 40.5 Å². The maximum absolute atomic E-state index is 12.3. The van der Waals surface area contributed by atoms with Gasteiger partial charge in [0, 0.05) is 19.1 Å². The summed E-state index contributed by atoms with van der Waals surface area (Å²) in [5.41, 5.74) is 2.42. The van der Waals surface area contributed by atoms with Crippen molar-refractivity contribution in [3.63, 3.8) is 0 Å². The van der Waals surface area contributed by atoms with Crippen LogP contribution in [-0.4, -0.2) is 29.9 Å². The lowest BCUT2D eigenvalue weighted by Gasteiger charge is -2.25. The molecule has 0 aromatic heterocycles. The first-order valence-corrected chi connectivity index (χ1v) is 8.89. The Morgan fingerprint density at radius 2 is 1.62 bits per heavy atom. The molecule has 1 fully saturated rings. The first-order valence-electron chi connectivity index (χ1n) is 8.89. The zero-order valence-electron chi connectivity index (χ0n) is 14.2. The number of carbonyl (C=O) groups excluding carboxylic acids is 1. The van der Waals surface area contributed by atoms with E-state index in [0.717, 1.165) is 31.6 Å². The molecule has 3 heteroatoms. The van der Waals surface area contributed by atoms with E-state index < -0.39 is 0 Å². The predicted octanol–water partition coefficient (Wildman–Crippen LogP) is 3.40. The lowest BCUT2D eigenvalue weighted by Crippen LogP contribution is -2.43. The molecule has 0 bridgehead atoms. The molecule has 2 aromatic rings. The molecule has 0 radical (unpaired) electrons. The maximum Gasteiger partial charge on any atom is 0.224 e. The summed E-state index contributed by atoms with van der Waals surface area (Å²) in [5, 5.41) is 3.24. The fourth-order valence-corrected chi connectivity index (χ4v) is 3.38. The van der Waals surface area contributed by atoms with Crippen LogP contribution in [0, 0.1) is 0 Å². The Bertz CT molecular complexity index is 627. The minimum Gasteiger partial charge on any atom is -0.352 e. The molecule has 1 saturated heterocycles. The van der Waals surface area contributed by atoms with Gasteiger partial charge in [0.15, 0.2) is 0 Å². The number of amides is 1. The molecule has 126 valence electrons. The van der Waals surface area contributed by atoms with Crippen LogP contribution in [0.3, 0.4) is 0 Å². The molecule has 1 aliphatic heterocycles. The Hall–Kier alpha value is -2.13. The second kappa shape index (κ2) is 8.65. The van der Waals surface area contributed by atoms with Crippen molar-refractivity contribution in [3.8, 4) is 0 Å². The van der Waals surface area contributed by atoms with Crippen LogP contribution < -0.4 is 5.32 Å². The number of hydrogen-bond acceptors (Lipinski definition) is 2. The van der Waals surface area contributed by atoms with Crippen molar-refractivity contribution in [1.29, 1.82) is 0 Å². The molecule has 1 aliphatic rings. The monoisotopic (exact) mass is 322 g/mol. The van der Waals surface area contributed by atoms with Gasteiger partial charge >= 0.3 is 0 Å². The van der Waals surface area contributed by atoms with E-state index in [1.165, 1.54) is 18.4 Å². The molecule has 0 saturated carbocycles. The van der Waals surface area contributed by atoms with Crippen molar-refractivity contribution < 1.29 is 4.79 Å². The first-order chi connectivity index (χ1) is 11.8. The van der Waals surface area contributed by atoms with E-state index in [-0.39, 0.29) is 11.9 Å². The Morgan fingerprint density at radius 1 is 0.958 bits per heavy atom. The minimum absolute atomic E-state index is 0.132. The molecule has 1 amide bonds. The van der Waals surface area contributed by atoms with Crippen LogP contribution in [0.1, 0.15) is 30.4 Å². The van der Waals surface area contributed by atoms with Gasteiger partial charge in [0.05, 0.1) is 6.42 Å². The van der Waals surface area contributed by atoms with Gasteiger partial charge in [-0.1, -0.05) is 67.1 Å². The van der Waals surface area contributed by atoms with Gasteiger partial charge in [-0.3, -0.25) is 9.69 Å². The number of nitrogens with one attached hydrogen (secondary N) is 1. The molecular weight excluding hydrogens is 296 g/mol. The van der Waals surface area contributed by atoms with Gasteiger partial charge in [0.25, 0.3) is 0 Å². The summed E-state index contributed by atoms with van der Waals surface area (Å²) in [5.74, 6) is 0.132. The number of carbonyl (C=O) groups is 1. The van der Waals surface area contributed by atoms with Gasteiger partial charge in [0.2, 0.25) is 5.91 Å². The normalized spacial score (nSPS) is 18.8. The van der Waals surface area contributed by atoms with Gasteiger partial charge in [-0.15, -0.1) is 0 Å². The highest BCUT2D eigenvalue weighted by atomic mass is 16.1. The average Bonchev–Trinajstić information content (AvgIpc) is 2.81. The predicted molar refractivity (Wildman–Crippen MR) is 97.6 cm³/mol. The summed E-state index contributed by atoms with van der Waals surface area (Å²) >= 11 is 0. The number of rotatable bonds is 5. The number of benzene rings is 2. The molecule has 1 heterocycles. The van der Waals surface area contributed by atoms with E-state index in [1.54, 1.807) is 0 Å². The molecule has 1 N–H and O–H groups in total. The Balaban J connectivity index is 1.53. The van der Waals surface area contributed by atoms with Crippen LogP contribution in [0.25, 0.3) is 0 Å². The van der Waals surface area contributed by atoms with E-state index in [4.69, 9.17) is 0 Å². The van der Waals surface area contributed by atoms with Gasteiger partial charge in [-0.05, 0) is 30.5 Å². The van der Waals surface area contributed by atoms with Gasteiger partial charge in [-0.25, -0.2) is 0 Å². The van der Waals surface area contributed by atoms with Gasteiger partial charge < -0.3 is 5.32 Å². The molecule has 3 rings (SSSR count). The third-order valence-electron chi connectivity index (χ3n) is 4.58. The number of nitrogens with zero attached hydrogens (tertiary/aromatic N) is 1. The highest BCUT2D eigenvalue weighted by molar-refractivity contribution is 5.78. The SMILES string of the molecule is O=C(Cc1ccccc1)NC1CCCCN(Cc2ccccc2)C1. The Kier molecular flexibility index (Phi) is 6.02. The van der Waals surface area contributed by atoms with Crippen LogP contribution in [0.5, 0.6) is 0 Å². The highest BCUT2D eigenvalue weighted by Crippen LogP contribution is 2.14. The van der Waals surface area contributed by atoms with Crippen LogP contribution >= 0.6 is 0 Å². The summed E-state index contributed by atoms with van der Waals surface area (Å²) < 4.78 is 0. The van der Waals surface area contributed by atoms with Gasteiger partial charge in [0.1, 0.15) is 0 Å². The van der Waals surface area contributed by atoms with Crippen molar-refractivity contribution in [2.75, 3.05) is 13.1 Å². The summed E-state index contributed by atoms with van der Waals surface area (Å²) in [6, 6.07) is 20.8. The molecule has 0 aliphatic carbocycles. The van der Waals surface area contributed by atoms with E-state index in [1.807, 2.05) is 30.3 Å². The first kappa shape index (κ1) is 16.7. The summed E-state index contributed by atoms with van der Waals surface area (Å²) in [4.78, 5) is 14.8. The quantitative estimate of drug-likeness (QED) is 0.915. The number of likely N-dealkylation sites (tertiary alicyclic amines) is 1. The smallest absolute Gasteiger partial charge is 0.224 e. The summed E-state index contributed by atoms with van der Waals surface area (Å²) in [6.45, 7) is 3.02. The fourth-order valence-electron chi connectivity index (χ4n) is 3.38. The zero-order chi connectivity index (χ0) is 16.6. The molecule has 1 atom stereocenters. The zero-order valence-corrected chi connectivity index (χ0v) is 14.2. The molecule has 24 heavy (non-hydrogen) atoms. The maximum atomic E-state index is 12.3. The van der Waals surface area contributed by atoms with Crippen molar-refractivity contribution in [1.82, 2.24) is 10.2 Å². The van der Waals surface area contributed by atoms with Crippen molar-refractivity contribution in [2.24, 2.45) is 0 Å². The Labute approximate surface area is 144 Å². The number of hydrogen-bond donors (Lipinski definition) is 1. The second-order valence-electron chi connectivity index (χ2n) is 6.64. The van der Waals surface area contributed by atoms with E-state index >= 15 is 0 Å². The molecule has 2 aromatic carbocycles. The standard InChI is InChI=1S/C21H26N2O/c24-21(15-18-9-3-1-4-10-18)22-20-13-7-8-14-23(17-20)16-19-11-5-2-6-12-19/h1-6,9-12,20H,7-8,13-17H2,(H,22,24). The largest absolute Gasteiger partial charge is 0.352 e. The molecule has 0 spiro atoms. The van der Waals surface area contributed by atoms with Crippen LogP contribution in [0.4, 0.5) is 0 Å². The summed E-state index contributed by atoms with van der Waals surface area (Å²) in [7, 11) is 0. The third kappa shape index (κ3) is 5.20. The average molecular weight is 322 g/mol. The lowest BCUT2D eigenvalue weighted by atomic mass is 10.1. The molecular formula is C21H26N2O. The van der Waals surface area contributed by atoms with Gasteiger partial charge in [-0.2, -0.15) is 0 Å². The third-order valence-corrected chi connectivity index (χ3v) is 4.58. The lowest BCUT2D eigenvalue weighted by molar-refractivity contribution is -0.121. The Morgan fingerprint density at radius 3 is 2.33 bits per heavy atom. The van der Waals surface area contributed by atoms with E-state index in [0.29, 0.717) is 6.42 Å². The van der Waals surface area contributed by atoms with Crippen LogP contribution in [0.2, 0.25) is 0 Å². The topological polar surface area (TPSA) is 32.3 Å². The van der Waals surface area contributed by atoms with Crippen LogP contribution in [0.15, 0.2) is 60.7 Å². The van der Waals surface area contributed by atoms with Crippen LogP contribution in [-0.2, 0) is 17.8 Å². The van der Waals surface area contributed by atoms with Crippen molar-refractivity contribution in [2.45, 2.75) is 38.3 Å². The molecule has 3 nitrogen and oxygen atoms in total. The molecule has 1 unspecified atom stereocenters. The highest BCUT2D eigenvalue weighted by Gasteiger charge is 2.20. The van der Waals surface area contributed by atoms with Crippen molar-refractivity contribution in [3.05, 3.63) is 71.8 Å². The fraction of sp³-hybridized carbons (Fsp3) is 0.381. The van der Waals surface area contributed by atoms with Crippen molar-refractivity contribution >= 4 is 5.91 Å². The minimum atomic E-state index is 0.132. The summed E-state index contributed by atoms with van der Waals surface area (Å²) in [6.07, 6.45) is 3.93. The second-order valence-corrected chi connectivity index (χ2v) is 6.64. The van der Waals surface area contributed by atoms with E-state index in [9.17, 15) is 4.79 Å².